The monoisotopic (exact) mass is 478 g/mol. The van der Waals surface area contributed by atoms with Crippen LogP contribution in [-0.2, 0) is 4.79 Å². The number of thioether (sulfide) groups is 1. The first-order valence-corrected chi connectivity index (χ1v) is 11.2. The quantitative estimate of drug-likeness (QED) is 0.185. The molecule has 0 atom stereocenters. The second-order valence-corrected chi connectivity index (χ2v) is 8.47. The molecule has 4 rings (SSSR count). The lowest BCUT2D eigenvalue weighted by Gasteiger charge is -2.16. The molecule has 8 nitrogen and oxygen atoms in total. The Hall–Kier alpha value is -4.05. The van der Waals surface area contributed by atoms with Crippen LogP contribution in [-0.4, -0.2) is 26.1 Å². The second-order valence-electron chi connectivity index (χ2n) is 7.53. The molecule has 0 aliphatic rings. The van der Waals surface area contributed by atoms with Gasteiger partial charge in [-0.2, -0.15) is 0 Å². The molecule has 0 fully saturated rings. The minimum atomic E-state index is -0.781. The first-order chi connectivity index (χ1) is 16.3. The number of nitrogens with one attached hydrogen (secondary N) is 1. The van der Waals surface area contributed by atoms with Crippen LogP contribution in [0, 0.1) is 29.8 Å². The maximum Gasteiger partial charge on any atom is 0.295 e. The Morgan fingerprint density at radius 3 is 2.68 bits per heavy atom. The van der Waals surface area contributed by atoms with E-state index in [1.54, 1.807) is 24.3 Å². The Morgan fingerprint density at radius 2 is 1.91 bits per heavy atom. The number of hydrogen-bond acceptors (Lipinski definition) is 6. The zero-order valence-electron chi connectivity index (χ0n) is 18.2. The Kier molecular flexibility index (Phi) is 6.42. The van der Waals surface area contributed by atoms with Gasteiger partial charge in [0.15, 0.2) is 5.16 Å². The zero-order chi connectivity index (χ0) is 24.4. The van der Waals surface area contributed by atoms with Crippen LogP contribution in [0.25, 0.3) is 16.6 Å². The summed E-state index contributed by atoms with van der Waals surface area (Å²) in [5.74, 6) is -1.52. The number of fused-ring (bicyclic) bond motifs is 1. The van der Waals surface area contributed by atoms with Gasteiger partial charge >= 0.3 is 0 Å². The summed E-state index contributed by atoms with van der Waals surface area (Å²) in [5, 5.41) is 14.4. The minimum Gasteiger partial charge on any atom is -0.320 e. The molecule has 1 N–H and O–H groups in total. The summed E-state index contributed by atoms with van der Waals surface area (Å²) >= 11 is 1.03. The van der Waals surface area contributed by atoms with E-state index < -0.39 is 22.3 Å². The average Bonchev–Trinajstić information content (AvgIpc) is 2.81. The summed E-state index contributed by atoms with van der Waals surface area (Å²) in [4.78, 5) is 41.0. The number of amides is 1. The molecule has 3 aromatic carbocycles. The smallest absolute Gasteiger partial charge is 0.295 e. The molecular weight excluding hydrogens is 459 g/mol. The number of rotatable bonds is 6. The van der Waals surface area contributed by atoms with Gasteiger partial charge in [-0.1, -0.05) is 36.0 Å². The lowest BCUT2D eigenvalue weighted by molar-refractivity contribution is -0.384. The van der Waals surface area contributed by atoms with Crippen molar-refractivity contribution >= 4 is 39.9 Å². The Bertz CT molecular complexity index is 1500. The number of hydrogen-bond donors (Lipinski definition) is 1. The summed E-state index contributed by atoms with van der Waals surface area (Å²) < 4.78 is 14.9. The zero-order valence-corrected chi connectivity index (χ0v) is 19.1. The van der Waals surface area contributed by atoms with Crippen LogP contribution in [0.5, 0.6) is 0 Å². The highest BCUT2D eigenvalue weighted by Crippen LogP contribution is 2.27. The van der Waals surface area contributed by atoms with Crippen LogP contribution >= 0.6 is 11.8 Å². The van der Waals surface area contributed by atoms with Crippen LogP contribution in [0.4, 0.5) is 15.8 Å². The molecule has 10 heteroatoms. The van der Waals surface area contributed by atoms with Crippen molar-refractivity contribution in [2.75, 3.05) is 11.1 Å². The Morgan fingerprint density at radius 1 is 1.15 bits per heavy atom. The Balaban J connectivity index is 1.70. The van der Waals surface area contributed by atoms with Crippen molar-refractivity contribution in [2.24, 2.45) is 0 Å². The van der Waals surface area contributed by atoms with Crippen LogP contribution in [0.15, 0.2) is 70.6 Å². The van der Waals surface area contributed by atoms with Gasteiger partial charge in [0.2, 0.25) is 5.91 Å². The summed E-state index contributed by atoms with van der Waals surface area (Å²) in [6.45, 7) is 3.84. The van der Waals surface area contributed by atoms with Crippen molar-refractivity contribution in [3.8, 4) is 5.69 Å². The van der Waals surface area contributed by atoms with E-state index in [1.165, 1.54) is 4.57 Å². The van der Waals surface area contributed by atoms with Gasteiger partial charge in [0.25, 0.3) is 11.2 Å². The molecular formula is C24H19FN4O4S. The van der Waals surface area contributed by atoms with Gasteiger partial charge in [-0.25, -0.2) is 9.37 Å². The van der Waals surface area contributed by atoms with Crippen molar-refractivity contribution in [3.05, 3.63) is 98.1 Å². The van der Waals surface area contributed by atoms with Gasteiger partial charge in [0.1, 0.15) is 11.5 Å². The van der Waals surface area contributed by atoms with Crippen LogP contribution in [0.1, 0.15) is 11.1 Å². The maximum absolute atomic E-state index is 13.4. The number of halogens is 1. The van der Waals surface area contributed by atoms with Gasteiger partial charge in [-0.05, 0) is 55.3 Å². The summed E-state index contributed by atoms with van der Waals surface area (Å²) in [6.07, 6.45) is 0. The molecule has 1 aromatic heterocycles. The van der Waals surface area contributed by atoms with Crippen molar-refractivity contribution in [1.82, 2.24) is 9.55 Å². The number of aryl methyl sites for hydroxylation is 1. The predicted octanol–water partition coefficient (Wildman–Crippen LogP) is 4.78. The third kappa shape index (κ3) is 4.53. The largest absolute Gasteiger partial charge is 0.320 e. The fourth-order valence-electron chi connectivity index (χ4n) is 3.48. The highest BCUT2D eigenvalue weighted by Gasteiger charge is 2.19. The van der Waals surface area contributed by atoms with E-state index in [0.29, 0.717) is 21.7 Å². The molecule has 0 radical (unpaired) electrons. The fraction of sp³-hybridized carbons (Fsp3) is 0.125. The molecule has 0 aliphatic heterocycles. The number of carbonyl (C=O) groups is 1. The molecule has 0 saturated carbocycles. The van der Waals surface area contributed by atoms with E-state index in [-0.39, 0.29) is 17.0 Å². The summed E-state index contributed by atoms with van der Waals surface area (Å²) in [6, 6.07) is 15.4. The molecule has 0 spiro atoms. The van der Waals surface area contributed by atoms with E-state index in [1.807, 2.05) is 32.0 Å². The molecule has 172 valence electrons. The standard InChI is InChI=1S/C24H19FN4O4S/c1-14-6-5-9-20(15(14)2)28-23(31)17-7-3-4-8-18(17)27-24(28)34-13-22(30)26-19-11-10-16(25)12-21(19)29(32)33/h3-12H,13H2,1-2H3,(H,26,30). The van der Waals surface area contributed by atoms with Gasteiger partial charge < -0.3 is 5.32 Å². The van der Waals surface area contributed by atoms with E-state index >= 15 is 0 Å². The first-order valence-electron chi connectivity index (χ1n) is 10.2. The number of benzene rings is 3. The van der Waals surface area contributed by atoms with Crippen LogP contribution in [0.2, 0.25) is 0 Å². The van der Waals surface area contributed by atoms with Gasteiger partial charge in [-0.15, -0.1) is 0 Å². The highest BCUT2D eigenvalue weighted by molar-refractivity contribution is 7.99. The number of aromatic nitrogens is 2. The lowest BCUT2D eigenvalue weighted by atomic mass is 10.1. The first kappa shape index (κ1) is 23.1. The molecule has 34 heavy (non-hydrogen) atoms. The number of para-hydroxylation sites is 1. The molecule has 0 bridgehead atoms. The summed E-state index contributed by atoms with van der Waals surface area (Å²) in [5.41, 5.74) is 2.11. The van der Waals surface area contributed by atoms with E-state index in [9.17, 15) is 24.1 Å². The van der Waals surface area contributed by atoms with Crippen molar-refractivity contribution in [3.63, 3.8) is 0 Å². The fourth-order valence-corrected chi connectivity index (χ4v) is 4.28. The molecule has 0 aliphatic carbocycles. The van der Waals surface area contributed by atoms with E-state index in [0.717, 1.165) is 41.1 Å². The van der Waals surface area contributed by atoms with Gasteiger partial charge in [0.05, 0.1) is 33.3 Å². The number of nitro groups is 1. The molecule has 0 saturated heterocycles. The molecule has 0 unspecified atom stereocenters. The van der Waals surface area contributed by atoms with Crippen LogP contribution < -0.4 is 10.9 Å². The predicted molar refractivity (Wildman–Crippen MR) is 129 cm³/mol. The van der Waals surface area contributed by atoms with Gasteiger partial charge in [-0.3, -0.25) is 24.3 Å². The average molecular weight is 479 g/mol. The lowest BCUT2D eigenvalue weighted by Crippen LogP contribution is -2.23. The van der Waals surface area contributed by atoms with E-state index in [2.05, 4.69) is 10.3 Å². The SMILES string of the molecule is Cc1cccc(-n2c(SCC(=O)Nc3ccc(F)cc3[N+](=O)[O-])nc3ccccc3c2=O)c1C. The highest BCUT2D eigenvalue weighted by atomic mass is 32.2. The molecule has 1 heterocycles. The topological polar surface area (TPSA) is 107 Å². The minimum absolute atomic E-state index is 0.115. The maximum atomic E-state index is 13.4. The number of nitro benzene ring substituents is 1. The van der Waals surface area contributed by atoms with Crippen LogP contribution in [0.3, 0.4) is 0 Å². The van der Waals surface area contributed by atoms with Crippen molar-refractivity contribution < 1.29 is 14.1 Å². The number of nitrogens with zero attached hydrogens (tertiary/aromatic N) is 3. The molecule has 4 aromatic rings. The third-order valence-electron chi connectivity index (χ3n) is 5.32. The Labute approximate surface area is 197 Å². The van der Waals surface area contributed by atoms with Crippen molar-refractivity contribution in [1.29, 1.82) is 0 Å². The normalized spacial score (nSPS) is 10.9. The summed E-state index contributed by atoms with van der Waals surface area (Å²) in [7, 11) is 0. The second kappa shape index (κ2) is 9.44. The number of carbonyl (C=O) groups excluding carboxylic acids is 1. The third-order valence-corrected chi connectivity index (χ3v) is 6.26. The van der Waals surface area contributed by atoms with E-state index in [4.69, 9.17) is 0 Å². The number of anilines is 1. The van der Waals surface area contributed by atoms with Crippen molar-refractivity contribution in [2.45, 2.75) is 19.0 Å². The van der Waals surface area contributed by atoms with Gasteiger partial charge in [0, 0.05) is 0 Å². The molecule has 1 amide bonds.